The van der Waals surface area contributed by atoms with E-state index >= 15 is 0 Å². The molecule has 4 nitrogen and oxygen atoms in total. The largest absolute Gasteiger partial charge is 0.384 e. The molecule has 1 aromatic heterocycles. The van der Waals surface area contributed by atoms with Gasteiger partial charge in [0.05, 0.1) is 5.41 Å². The van der Waals surface area contributed by atoms with Crippen LogP contribution in [0, 0.1) is 0 Å². The topological polar surface area (TPSA) is 61.0 Å². The third-order valence-corrected chi connectivity index (χ3v) is 3.78. The fourth-order valence-corrected chi connectivity index (χ4v) is 2.72. The van der Waals surface area contributed by atoms with Gasteiger partial charge in [-0.25, -0.2) is 9.97 Å². The van der Waals surface area contributed by atoms with E-state index in [4.69, 9.17) is 10.5 Å². The number of ether oxygens (including phenoxy) is 1. The first kappa shape index (κ1) is 12.1. The van der Waals surface area contributed by atoms with Gasteiger partial charge in [0.2, 0.25) is 0 Å². The predicted octanol–water partition coefficient (Wildman–Crippen LogP) is 2.16. The molecule has 0 bridgehead atoms. The Hall–Kier alpha value is -1.94. The number of anilines is 1. The lowest BCUT2D eigenvalue weighted by Crippen LogP contribution is -2.36. The number of nitrogens with zero attached hydrogens (tertiary/aromatic N) is 2. The molecular formula is C15H17N3O. The van der Waals surface area contributed by atoms with Gasteiger partial charge in [-0.2, -0.15) is 0 Å². The summed E-state index contributed by atoms with van der Waals surface area (Å²) in [7, 11) is 0. The first-order valence-electron chi connectivity index (χ1n) is 6.53. The molecule has 0 unspecified atom stereocenters. The zero-order chi connectivity index (χ0) is 13.1. The Morgan fingerprint density at radius 3 is 2.47 bits per heavy atom. The van der Waals surface area contributed by atoms with Crippen LogP contribution in [0.5, 0.6) is 0 Å². The van der Waals surface area contributed by atoms with Gasteiger partial charge in [-0.05, 0) is 24.5 Å². The predicted molar refractivity (Wildman–Crippen MR) is 73.7 cm³/mol. The highest BCUT2D eigenvalue weighted by Gasteiger charge is 2.38. The quantitative estimate of drug-likeness (QED) is 0.893. The smallest absolute Gasteiger partial charge is 0.141 e. The number of nitrogen functional groups attached to an aromatic ring is 1. The highest BCUT2D eigenvalue weighted by atomic mass is 16.5. The highest BCUT2D eigenvalue weighted by Crippen LogP contribution is 2.39. The van der Waals surface area contributed by atoms with Crippen LogP contribution in [0.1, 0.15) is 24.2 Å². The van der Waals surface area contributed by atoms with Crippen molar-refractivity contribution in [2.24, 2.45) is 0 Å². The van der Waals surface area contributed by atoms with E-state index in [1.165, 1.54) is 5.56 Å². The minimum absolute atomic E-state index is 0.172. The van der Waals surface area contributed by atoms with E-state index in [9.17, 15) is 0 Å². The first-order valence-corrected chi connectivity index (χ1v) is 6.53. The Kier molecular flexibility index (Phi) is 3.17. The first-order chi connectivity index (χ1) is 9.31. The lowest BCUT2D eigenvalue weighted by atomic mass is 9.73. The molecule has 2 N–H and O–H groups in total. The van der Waals surface area contributed by atoms with Crippen LogP contribution in [-0.4, -0.2) is 23.2 Å². The lowest BCUT2D eigenvalue weighted by molar-refractivity contribution is 0.0605. The maximum atomic E-state index is 5.82. The van der Waals surface area contributed by atoms with Crippen molar-refractivity contribution < 1.29 is 4.74 Å². The van der Waals surface area contributed by atoms with Crippen molar-refractivity contribution >= 4 is 5.82 Å². The van der Waals surface area contributed by atoms with E-state index in [1.807, 2.05) is 6.07 Å². The molecule has 0 spiro atoms. The fourth-order valence-electron chi connectivity index (χ4n) is 2.72. The van der Waals surface area contributed by atoms with E-state index in [0.717, 1.165) is 31.9 Å². The molecule has 19 heavy (non-hydrogen) atoms. The molecule has 4 heteroatoms. The summed E-state index contributed by atoms with van der Waals surface area (Å²) >= 11 is 0. The Bertz CT molecular complexity index is 550. The van der Waals surface area contributed by atoms with Gasteiger partial charge in [-0.3, -0.25) is 0 Å². The minimum Gasteiger partial charge on any atom is -0.384 e. The summed E-state index contributed by atoms with van der Waals surface area (Å²) < 4.78 is 5.51. The van der Waals surface area contributed by atoms with E-state index in [2.05, 4.69) is 34.2 Å². The molecule has 2 heterocycles. The minimum atomic E-state index is -0.172. The van der Waals surface area contributed by atoms with Gasteiger partial charge in [0.15, 0.2) is 0 Å². The van der Waals surface area contributed by atoms with Crippen LogP contribution in [0.25, 0.3) is 0 Å². The molecule has 1 fully saturated rings. The van der Waals surface area contributed by atoms with E-state index in [0.29, 0.717) is 5.82 Å². The summed E-state index contributed by atoms with van der Waals surface area (Å²) in [5.74, 6) is 1.33. The standard InChI is InChI=1S/C15H17N3O/c16-13-6-9-17-14(18-13)15(7-10-19-11-8-15)12-4-2-1-3-5-12/h1-6,9H,7-8,10-11H2,(H2,16,17,18). The Labute approximate surface area is 112 Å². The molecule has 2 aromatic rings. The molecule has 1 aliphatic rings. The zero-order valence-electron chi connectivity index (χ0n) is 10.7. The third kappa shape index (κ3) is 2.19. The van der Waals surface area contributed by atoms with Crippen molar-refractivity contribution in [1.29, 1.82) is 0 Å². The van der Waals surface area contributed by atoms with Crippen molar-refractivity contribution in [3.63, 3.8) is 0 Å². The summed E-state index contributed by atoms with van der Waals surface area (Å²) in [6, 6.07) is 12.1. The maximum Gasteiger partial charge on any atom is 0.141 e. The van der Waals surface area contributed by atoms with Crippen molar-refractivity contribution in [1.82, 2.24) is 9.97 Å². The summed E-state index contributed by atoms with van der Waals surface area (Å²) in [4.78, 5) is 8.92. The summed E-state index contributed by atoms with van der Waals surface area (Å²) in [6.45, 7) is 1.46. The fraction of sp³-hybridized carbons (Fsp3) is 0.333. The molecule has 0 saturated carbocycles. The molecule has 1 saturated heterocycles. The van der Waals surface area contributed by atoms with Gasteiger partial charge in [-0.1, -0.05) is 30.3 Å². The van der Waals surface area contributed by atoms with Crippen molar-refractivity contribution in [2.75, 3.05) is 18.9 Å². The van der Waals surface area contributed by atoms with Gasteiger partial charge >= 0.3 is 0 Å². The van der Waals surface area contributed by atoms with Crippen LogP contribution in [0.3, 0.4) is 0 Å². The Balaban J connectivity index is 2.12. The second-order valence-corrected chi connectivity index (χ2v) is 4.87. The maximum absolute atomic E-state index is 5.82. The molecular weight excluding hydrogens is 238 g/mol. The molecule has 1 aliphatic heterocycles. The number of nitrogens with two attached hydrogens (primary N) is 1. The normalized spacial score (nSPS) is 18.1. The van der Waals surface area contributed by atoms with Gasteiger partial charge in [0.1, 0.15) is 11.6 Å². The molecule has 98 valence electrons. The average molecular weight is 255 g/mol. The van der Waals surface area contributed by atoms with E-state index in [-0.39, 0.29) is 5.41 Å². The molecule has 0 radical (unpaired) electrons. The van der Waals surface area contributed by atoms with Crippen LogP contribution < -0.4 is 5.73 Å². The molecule has 0 amide bonds. The van der Waals surface area contributed by atoms with Crippen LogP contribution in [0.4, 0.5) is 5.82 Å². The molecule has 1 aromatic carbocycles. The van der Waals surface area contributed by atoms with Crippen molar-refractivity contribution in [3.05, 3.63) is 54.0 Å². The molecule has 0 aliphatic carbocycles. The van der Waals surface area contributed by atoms with Gasteiger partial charge in [0.25, 0.3) is 0 Å². The van der Waals surface area contributed by atoms with Crippen molar-refractivity contribution in [2.45, 2.75) is 18.3 Å². The number of rotatable bonds is 2. The van der Waals surface area contributed by atoms with Crippen LogP contribution >= 0.6 is 0 Å². The number of benzene rings is 1. The molecule has 0 atom stereocenters. The Morgan fingerprint density at radius 2 is 1.79 bits per heavy atom. The highest BCUT2D eigenvalue weighted by molar-refractivity contribution is 5.36. The summed E-state index contributed by atoms with van der Waals surface area (Å²) in [5.41, 5.74) is 6.89. The lowest BCUT2D eigenvalue weighted by Gasteiger charge is -2.36. The van der Waals surface area contributed by atoms with Gasteiger partial charge in [-0.15, -0.1) is 0 Å². The second kappa shape index (κ2) is 4.97. The van der Waals surface area contributed by atoms with E-state index < -0.39 is 0 Å². The van der Waals surface area contributed by atoms with Crippen LogP contribution in [0.2, 0.25) is 0 Å². The summed E-state index contributed by atoms with van der Waals surface area (Å²) in [5, 5.41) is 0. The third-order valence-electron chi connectivity index (χ3n) is 3.78. The van der Waals surface area contributed by atoms with Crippen LogP contribution in [-0.2, 0) is 10.2 Å². The second-order valence-electron chi connectivity index (χ2n) is 4.87. The number of hydrogen-bond donors (Lipinski definition) is 1. The molecule has 3 rings (SSSR count). The Morgan fingerprint density at radius 1 is 1.05 bits per heavy atom. The van der Waals surface area contributed by atoms with Crippen LogP contribution in [0.15, 0.2) is 42.6 Å². The zero-order valence-corrected chi connectivity index (χ0v) is 10.7. The van der Waals surface area contributed by atoms with E-state index in [1.54, 1.807) is 12.3 Å². The summed E-state index contributed by atoms with van der Waals surface area (Å²) in [6.07, 6.45) is 3.51. The van der Waals surface area contributed by atoms with Crippen molar-refractivity contribution in [3.8, 4) is 0 Å². The average Bonchev–Trinajstić information content (AvgIpc) is 2.49. The van der Waals surface area contributed by atoms with Gasteiger partial charge in [0, 0.05) is 19.4 Å². The monoisotopic (exact) mass is 255 g/mol. The number of hydrogen-bond acceptors (Lipinski definition) is 4. The number of aromatic nitrogens is 2. The van der Waals surface area contributed by atoms with Gasteiger partial charge < -0.3 is 10.5 Å². The SMILES string of the molecule is Nc1ccnc(C2(c3ccccc3)CCOCC2)n1.